The summed E-state index contributed by atoms with van der Waals surface area (Å²) >= 11 is 0. The molecule has 0 N–H and O–H groups in total. The van der Waals surface area contributed by atoms with E-state index in [1.165, 1.54) is 4.90 Å². The maximum absolute atomic E-state index is 12.5. The first-order valence-electron chi connectivity index (χ1n) is 4.44. The molecule has 0 unspecified atom stereocenters. The van der Waals surface area contributed by atoms with E-state index in [1.54, 1.807) is 0 Å². The van der Waals surface area contributed by atoms with Crippen molar-refractivity contribution in [3.05, 3.63) is 24.0 Å². The largest absolute Gasteiger partial charge is 0.433 e. The molecule has 1 aliphatic heterocycles. The Hall–Kier alpha value is -1.40. The summed E-state index contributed by atoms with van der Waals surface area (Å²) in [7, 11) is 0. The van der Waals surface area contributed by atoms with Gasteiger partial charge in [0.25, 0.3) is 5.92 Å². The zero-order chi connectivity index (χ0) is 12.0. The molecule has 0 spiro atoms. The number of rotatable bonds is 1. The Morgan fingerprint density at radius 1 is 1.19 bits per heavy atom. The van der Waals surface area contributed by atoms with Gasteiger partial charge in [0.05, 0.1) is 25.0 Å². The van der Waals surface area contributed by atoms with Gasteiger partial charge < -0.3 is 4.90 Å². The Kier molecular flexibility index (Phi) is 2.28. The molecule has 2 nitrogen and oxygen atoms in total. The molecule has 0 saturated carbocycles. The first-order chi connectivity index (χ1) is 7.28. The van der Waals surface area contributed by atoms with E-state index >= 15 is 0 Å². The van der Waals surface area contributed by atoms with Crippen LogP contribution in [-0.4, -0.2) is 24.0 Å². The average Bonchev–Trinajstić information content (AvgIpc) is 2.13. The van der Waals surface area contributed by atoms with Crippen LogP contribution < -0.4 is 4.90 Å². The first-order valence-corrected chi connectivity index (χ1v) is 4.44. The molecule has 0 atom stereocenters. The minimum atomic E-state index is -4.50. The molecule has 16 heavy (non-hydrogen) atoms. The lowest BCUT2D eigenvalue weighted by atomic mass is 10.1. The quantitative estimate of drug-likeness (QED) is 0.699. The topological polar surface area (TPSA) is 16.1 Å². The summed E-state index contributed by atoms with van der Waals surface area (Å²) in [5, 5.41) is 0. The molecule has 1 aromatic heterocycles. The summed E-state index contributed by atoms with van der Waals surface area (Å²) in [5.41, 5.74) is -0.748. The highest BCUT2D eigenvalue weighted by atomic mass is 19.4. The molecule has 0 aromatic carbocycles. The van der Waals surface area contributed by atoms with Gasteiger partial charge in [0.2, 0.25) is 0 Å². The SMILES string of the molecule is FC1(F)CN(c2ccc(C(F)(F)F)nc2)C1. The highest BCUT2D eigenvalue weighted by Crippen LogP contribution is 2.33. The van der Waals surface area contributed by atoms with Crippen molar-refractivity contribution in [3.63, 3.8) is 0 Å². The average molecular weight is 238 g/mol. The van der Waals surface area contributed by atoms with Crippen LogP contribution >= 0.6 is 0 Å². The Bertz CT molecular complexity index is 376. The molecule has 0 radical (unpaired) electrons. The third-order valence-corrected chi connectivity index (χ3v) is 2.25. The van der Waals surface area contributed by atoms with E-state index < -0.39 is 30.9 Å². The molecule has 7 heteroatoms. The fourth-order valence-electron chi connectivity index (χ4n) is 1.44. The summed E-state index contributed by atoms with van der Waals surface area (Å²) in [4.78, 5) is 4.46. The number of halogens is 5. The third kappa shape index (κ3) is 2.07. The second kappa shape index (κ2) is 3.29. The number of alkyl halides is 5. The Morgan fingerprint density at radius 2 is 1.81 bits per heavy atom. The molecule has 2 rings (SSSR count). The van der Waals surface area contributed by atoms with Crippen molar-refractivity contribution in [1.82, 2.24) is 4.98 Å². The van der Waals surface area contributed by atoms with Crippen molar-refractivity contribution in [1.29, 1.82) is 0 Å². The maximum Gasteiger partial charge on any atom is 0.433 e. The zero-order valence-corrected chi connectivity index (χ0v) is 7.93. The predicted octanol–water partition coefficient (Wildman–Crippen LogP) is 2.56. The van der Waals surface area contributed by atoms with Gasteiger partial charge in [-0.2, -0.15) is 13.2 Å². The van der Waals surface area contributed by atoms with E-state index in [0.717, 1.165) is 18.3 Å². The van der Waals surface area contributed by atoms with E-state index in [2.05, 4.69) is 4.98 Å². The molecular weight excluding hydrogens is 231 g/mol. The second-order valence-electron chi connectivity index (χ2n) is 3.61. The molecule has 1 aliphatic rings. The van der Waals surface area contributed by atoms with Crippen molar-refractivity contribution in [2.45, 2.75) is 12.1 Å². The highest BCUT2D eigenvalue weighted by molar-refractivity contribution is 5.48. The third-order valence-electron chi connectivity index (χ3n) is 2.25. The molecule has 0 amide bonds. The molecule has 2 heterocycles. The lowest BCUT2D eigenvalue weighted by molar-refractivity contribution is -0.141. The maximum atomic E-state index is 12.5. The molecule has 1 saturated heterocycles. The van der Waals surface area contributed by atoms with Crippen LogP contribution in [0.3, 0.4) is 0 Å². The van der Waals surface area contributed by atoms with Crippen LogP contribution in [0.4, 0.5) is 27.6 Å². The highest BCUT2D eigenvalue weighted by Gasteiger charge is 2.44. The van der Waals surface area contributed by atoms with Gasteiger partial charge in [0.1, 0.15) is 5.69 Å². The van der Waals surface area contributed by atoms with Crippen molar-refractivity contribution in [2.75, 3.05) is 18.0 Å². The van der Waals surface area contributed by atoms with Crippen molar-refractivity contribution in [3.8, 4) is 0 Å². The van der Waals surface area contributed by atoms with E-state index in [-0.39, 0.29) is 5.69 Å². The van der Waals surface area contributed by atoms with E-state index in [4.69, 9.17) is 0 Å². The van der Waals surface area contributed by atoms with Crippen molar-refractivity contribution >= 4 is 5.69 Å². The van der Waals surface area contributed by atoms with Gasteiger partial charge in [-0.05, 0) is 12.1 Å². The fourth-order valence-corrected chi connectivity index (χ4v) is 1.44. The van der Waals surface area contributed by atoms with Gasteiger partial charge in [-0.1, -0.05) is 0 Å². The number of hydrogen-bond donors (Lipinski definition) is 0. The summed E-state index contributed by atoms with van der Waals surface area (Å²) in [5.74, 6) is -2.75. The number of aromatic nitrogens is 1. The van der Waals surface area contributed by atoms with Crippen LogP contribution in [0, 0.1) is 0 Å². The number of nitrogens with zero attached hydrogens (tertiary/aromatic N) is 2. The summed E-state index contributed by atoms with van der Waals surface area (Å²) in [6, 6.07) is 1.93. The Morgan fingerprint density at radius 3 is 2.19 bits per heavy atom. The van der Waals surface area contributed by atoms with E-state index in [1.807, 2.05) is 0 Å². The number of hydrogen-bond acceptors (Lipinski definition) is 2. The molecule has 1 aromatic rings. The molecule has 88 valence electrons. The van der Waals surface area contributed by atoms with Gasteiger partial charge in [-0.3, -0.25) is 0 Å². The van der Waals surface area contributed by atoms with Crippen LogP contribution in [0.1, 0.15) is 5.69 Å². The summed E-state index contributed by atoms with van der Waals surface area (Å²) in [6.07, 6.45) is -3.55. The number of anilines is 1. The minimum Gasteiger partial charge on any atom is -0.358 e. The standard InChI is InChI=1S/C9H7F5N2/c10-8(11)4-16(5-8)6-1-2-7(15-3-6)9(12,13)14/h1-3H,4-5H2. The van der Waals surface area contributed by atoms with Crippen LogP contribution in [0.5, 0.6) is 0 Å². The van der Waals surface area contributed by atoms with Crippen LogP contribution in [0.15, 0.2) is 18.3 Å². The van der Waals surface area contributed by atoms with Crippen LogP contribution in [0.2, 0.25) is 0 Å². The Balaban J connectivity index is 2.10. The molecular formula is C9H7F5N2. The van der Waals surface area contributed by atoms with E-state index in [0.29, 0.717) is 0 Å². The molecule has 0 aliphatic carbocycles. The van der Waals surface area contributed by atoms with Crippen molar-refractivity contribution < 1.29 is 22.0 Å². The van der Waals surface area contributed by atoms with Gasteiger partial charge in [0, 0.05) is 0 Å². The lowest BCUT2D eigenvalue weighted by Crippen LogP contribution is -2.56. The second-order valence-corrected chi connectivity index (χ2v) is 3.61. The summed E-state index contributed by atoms with van der Waals surface area (Å²) in [6.45, 7) is -0.944. The number of pyridine rings is 1. The van der Waals surface area contributed by atoms with Gasteiger partial charge in [0.15, 0.2) is 0 Å². The van der Waals surface area contributed by atoms with Crippen molar-refractivity contribution in [2.24, 2.45) is 0 Å². The fraction of sp³-hybridized carbons (Fsp3) is 0.444. The van der Waals surface area contributed by atoms with Gasteiger partial charge >= 0.3 is 6.18 Å². The normalized spacial score (nSPS) is 19.4. The first kappa shape index (κ1) is 11.1. The monoisotopic (exact) mass is 238 g/mol. The lowest BCUT2D eigenvalue weighted by Gasteiger charge is -2.40. The van der Waals surface area contributed by atoms with E-state index in [9.17, 15) is 22.0 Å². The van der Waals surface area contributed by atoms with Crippen LogP contribution in [0.25, 0.3) is 0 Å². The minimum absolute atomic E-state index is 0.277. The zero-order valence-electron chi connectivity index (χ0n) is 7.93. The summed E-state index contributed by atoms with van der Waals surface area (Å²) < 4.78 is 61.4. The molecule has 0 bridgehead atoms. The van der Waals surface area contributed by atoms with Crippen LogP contribution in [-0.2, 0) is 6.18 Å². The predicted molar refractivity (Wildman–Crippen MR) is 46.4 cm³/mol. The molecule has 1 fully saturated rings. The Labute approximate surface area is 87.7 Å². The van der Waals surface area contributed by atoms with Gasteiger partial charge in [-0.15, -0.1) is 0 Å². The van der Waals surface area contributed by atoms with Gasteiger partial charge in [-0.25, -0.2) is 13.8 Å². The smallest absolute Gasteiger partial charge is 0.358 e.